The average Bonchev–Trinajstić information content (AvgIpc) is 3.21. The Bertz CT molecular complexity index is 759. The van der Waals surface area contributed by atoms with Crippen molar-refractivity contribution in [3.8, 4) is 11.5 Å². The van der Waals surface area contributed by atoms with E-state index in [-0.39, 0.29) is 30.3 Å². The lowest BCUT2D eigenvalue weighted by molar-refractivity contribution is -0.131. The van der Waals surface area contributed by atoms with Gasteiger partial charge in [-0.15, -0.1) is 0 Å². The number of hydrogen-bond acceptors (Lipinski definition) is 5. The number of benzene rings is 1. The normalized spacial score (nSPS) is 18.1. The molecule has 1 atom stereocenters. The van der Waals surface area contributed by atoms with Crippen molar-refractivity contribution < 1.29 is 23.9 Å². The quantitative estimate of drug-likeness (QED) is 0.774. The second-order valence-electron chi connectivity index (χ2n) is 7.65. The predicted molar refractivity (Wildman–Crippen MR) is 100.0 cm³/mol. The van der Waals surface area contributed by atoms with Crippen molar-refractivity contribution in [3.63, 3.8) is 0 Å². The van der Waals surface area contributed by atoms with Crippen molar-refractivity contribution in [2.75, 3.05) is 25.2 Å². The molecule has 3 rings (SSSR count). The maximum atomic E-state index is 12.5. The fourth-order valence-electron chi connectivity index (χ4n) is 3.50. The maximum Gasteiger partial charge on any atom is 0.231 e. The molecule has 2 aliphatic heterocycles. The zero-order chi connectivity index (χ0) is 19.6. The summed E-state index contributed by atoms with van der Waals surface area (Å²) >= 11 is 0. The number of carbonyl (C=O) groups is 3. The van der Waals surface area contributed by atoms with Crippen LogP contribution in [0.4, 0.5) is 5.69 Å². The molecule has 0 radical (unpaired) electrons. The molecular weight excluding hydrogens is 348 g/mol. The molecule has 0 bridgehead atoms. The third kappa shape index (κ3) is 4.59. The molecule has 1 saturated heterocycles. The number of Topliss-reactive ketones (excluding diaryl/α,β-unsaturated/α-hetero) is 1. The number of likely N-dealkylation sites (tertiary alicyclic amines) is 1. The minimum absolute atomic E-state index is 0.104. The van der Waals surface area contributed by atoms with Crippen molar-refractivity contribution in [1.29, 1.82) is 0 Å². The van der Waals surface area contributed by atoms with Crippen molar-refractivity contribution in [1.82, 2.24) is 4.90 Å². The molecule has 7 heteroatoms. The van der Waals surface area contributed by atoms with Crippen LogP contribution in [0.5, 0.6) is 11.5 Å². The van der Waals surface area contributed by atoms with Crippen molar-refractivity contribution in [2.24, 2.45) is 11.8 Å². The Morgan fingerprint density at radius 1 is 1.22 bits per heavy atom. The van der Waals surface area contributed by atoms with E-state index in [4.69, 9.17) is 9.47 Å². The Morgan fingerprint density at radius 3 is 2.59 bits per heavy atom. The molecule has 0 saturated carbocycles. The third-order valence-electron chi connectivity index (χ3n) is 4.86. The molecule has 2 heterocycles. The van der Waals surface area contributed by atoms with Gasteiger partial charge in [-0.25, -0.2) is 0 Å². The summed E-state index contributed by atoms with van der Waals surface area (Å²) in [7, 11) is 0. The van der Waals surface area contributed by atoms with Crippen molar-refractivity contribution >= 4 is 23.3 Å². The molecule has 1 fully saturated rings. The Morgan fingerprint density at radius 2 is 1.93 bits per heavy atom. The Labute approximate surface area is 159 Å². The van der Waals surface area contributed by atoms with E-state index in [2.05, 4.69) is 5.32 Å². The van der Waals surface area contributed by atoms with Gasteiger partial charge in [-0.05, 0) is 31.2 Å². The fourth-order valence-corrected chi connectivity index (χ4v) is 3.50. The standard InChI is InChI=1S/C20H26N2O5/c1-12(2)6-20(25)22-5-4-14(10-22)7-19(24)21-16-9-18-17(26-11-27-18)8-15(16)13(3)23/h8-9,12,14H,4-7,10-11H2,1-3H3,(H,21,24). The number of ketones is 1. The Hall–Kier alpha value is -2.57. The summed E-state index contributed by atoms with van der Waals surface area (Å²) in [5.41, 5.74) is 0.829. The molecule has 2 aliphatic rings. The van der Waals surface area contributed by atoms with Gasteiger partial charge in [0.25, 0.3) is 0 Å². The van der Waals surface area contributed by atoms with Gasteiger partial charge in [-0.2, -0.15) is 0 Å². The van der Waals surface area contributed by atoms with E-state index in [0.717, 1.165) is 6.42 Å². The zero-order valence-electron chi connectivity index (χ0n) is 16.0. The summed E-state index contributed by atoms with van der Waals surface area (Å²) < 4.78 is 10.6. The average molecular weight is 374 g/mol. The molecule has 0 aromatic heterocycles. The topological polar surface area (TPSA) is 84.9 Å². The second kappa shape index (κ2) is 7.98. The summed E-state index contributed by atoms with van der Waals surface area (Å²) in [6.07, 6.45) is 1.67. The molecular formula is C20H26N2O5. The van der Waals surface area contributed by atoms with Gasteiger partial charge < -0.3 is 19.7 Å². The SMILES string of the molecule is CC(=O)c1cc2c(cc1NC(=O)CC1CCN(C(=O)CC(C)C)C1)OCO2. The van der Waals surface area contributed by atoms with E-state index < -0.39 is 0 Å². The minimum atomic E-state index is -0.167. The summed E-state index contributed by atoms with van der Waals surface area (Å²) in [4.78, 5) is 38.4. The first-order valence-corrected chi connectivity index (χ1v) is 9.35. The molecule has 27 heavy (non-hydrogen) atoms. The van der Waals surface area contributed by atoms with Crippen molar-refractivity contribution in [3.05, 3.63) is 17.7 Å². The lowest BCUT2D eigenvalue weighted by atomic mass is 10.0. The van der Waals surface area contributed by atoms with E-state index in [0.29, 0.717) is 54.6 Å². The zero-order valence-corrected chi connectivity index (χ0v) is 16.0. The van der Waals surface area contributed by atoms with Gasteiger partial charge in [-0.1, -0.05) is 13.8 Å². The highest BCUT2D eigenvalue weighted by molar-refractivity contribution is 6.04. The molecule has 0 spiro atoms. The predicted octanol–water partition coefficient (Wildman–Crippen LogP) is 2.84. The Balaban J connectivity index is 1.60. The van der Waals surface area contributed by atoms with Crippen LogP contribution in [-0.4, -0.2) is 42.4 Å². The number of hydrogen-bond donors (Lipinski definition) is 1. The summed E-state index contributed by atoms with van der Waals surface area (Å²) in [5.74, 6) is 1.32. The molecule has 0 aliphatic carbocycles. The number of carbonyl (C=O) groups excluding carboxylic acids is 3. The van der Waals surface area contributed by atoms with Crippen LogP contribution in [0.3, 0.4) is 0 Å². The first-order valence-electron chi connectivity index (χ1n) is 9.35. The second-order valence-corrected chi connectivity index (χ2v) is 7.65. The highest BCUT2D eigenvalue weighted by Gasteiger charge is 2.28. The van der Waals surface area contributed by atoms with Gasteiger partial charge in [0.05, 0.1) is 5.69 Å². The number of amides is 2. The van der Waals surface area contributed by atoms with Crippen LogP contribution >= 0.6 is 0 Å². The number of rotatable bonds is 6. The van der Waals surface area contributed by atoms with Crippen LogP contribution in [0.25, 0.3) is 0 Å². The highest BCUT2D eigenvalue weighted by atomic mass is 16.7. The first kappa shape index (κ1) is 19.2. The Kier molecular flexibility index (Phi) is 5.68. The molecule has 2 amide bonds. The molecule has 7 nitrogen and oxygen atoms in total. The van der Waals surface area contributed by atoms with E-state index in [9.17, 15) is 14.4 Å². The minimum Gasteiger partial charge on any atom is -0.454 e. The van der Waals surface area contributed by atoms with Gasteiger partial charge in [0.2, 0.25) is 18.6 Å². The van der Waals surface area contributed by atoms with Crippen molar-refractivity contribution in [2.45, 2.75) is 40.0 Å². The molecule has 1 N–H and O–H groups in total. The summed E-state index contributed by atoms with van der Waals surface area (Å²) in [5, 5.41) is 2.83. The molecule has 146 valence electrons. The summed E-state index contributed by atoms with van der Waals surface area (Å²) in [6.45, 7) is 6.91. The van der Waals surface area contributed by atoms with Gasteiger partial charge in [-0.3, -0.25) is 14.4 Å². The van der Waals surface area contributed by atoms with Crippen LogP contribution in [0.2, 0.25) is 0 Å². The summed E-state index contributed by atoms with van der Waals surface area (Å²) in [6, 6.07) is 3.23. The lowest BCUT2D eigenvalue weighted by Crippen LogP contribution is -2.30. The van der Waals surface area contributed by atoms with Gasteiger partial charge in [0.1, 0.15) is 0 Å². The van der Waals surface area contributed by atoms with E-state index in [1.54, 1.807) is 12.1 Å². The van der Waals surface area contributed by atoms with Crippen LogP contribution in [0.15, 0.2) is 12.1 Å². The van der Waals surface area contributed by atoms with Crippen LogP contribution in [-0.2, 0) is 9.59 Å². The number of anilines is 1. The highest BCUT2D eigenvalue weighted by Crippen LogP contribution is 2.37. The van der Waals surface area contributed by atoms with Crippen LogP contribution in [0, 0.1) is 11.8 Å². The van der Waals surface area contributed by atoms with E-state index in [1.165, 1.54) is 6.92 Å². The molecule has 1 aromatic rings. The first-order chi connectivity index (χ1) is 12.8. The van der Waals surface area contributed by atoms with Crippen LogP contribution in [0.1, 0.15) is 50.4 Å². The fraction of sp³-hybridized carbons (Fsp3) is 0.550. The van der Waals surface area contributed by atoms with Crippen LogP contribution < -0.4 is 14.8 Å². The largest absolute Gasteiger partial charge is 0.454 e. The van der Waals surface area contributed by atoms with Gasteiger partial charge in [0, 0.05) is 37.6 Å². The van der Waals surface area contributed by atoms with E-state index in [1.807, 2.05) is 18.7 Å². The number of nitrogens with one attached hydrogen (secondary N) is 1. The maximum absolute atomic E-state index is 12.5. The number of fused-ring (bicyclic) bond motifs is 1. The number of ether oxygens (including phenoxy) is 2. The third-order valence-corrected chi connectivity index (χ3v) is 4.86. The van der Waals surface area contributed by atoms with Gasteiger partial charge >= 0.3 is 0 Å². The molecule has 1 unspecified atom stereocenters. The smallest absolute Gasteiger partial charge is 0.231 e. The monoisotopic (exact) mass is 374 g/mol. The number of nitrogens with zero attached hydrogens (tertiary/aromatic N) is 1. The molecule has 1 aromatic carbocycles. The van der Waals surface area contributed by atoms with Gasteiger partial charge in [0.15, 0.2) is 17.3 Å². The lowest BCUT2D eigenvalue weighted by Gasteiger charge is -2.18. The van der Waals surface area contributed by atoms with E-state index >= 15 is 0 Å².